The molecule has 1 atom stereocenters. The maximum absolute atomic E-state index is 12.6. The Balaban J connectivity index is 1.48. The molecule has 0 heterocycles. The minimum Gasteiger partial charge on any atom is -0.450 e. The summed E-state index contributed by atoms with van der Waals surface area (Å²) in [5.74, 6) is 2.05. The van der Waals surface area contributed by atoms with Gasteiger partial charge >= 0.3 is 6.09 Å². The highest BCUT2D eigenvalue weighted by atomic mass is 16.5. The third kappa shape index (κ3) is 4.85. The van der Waals surface area contributed by atoms with Crippen molar-refractivity contribution in [3.05, 3.63) is 0 Å². The molecule has 0 saturated heterocycles. The molecule has 158 valence electrons. The summed E-state index contributed by atoms with van der Waals surface area (Å²) in [5.41, 5.74) is 0.267. The van der Waals surface area contributed by atoms with Crippen LogP contribution in [0.3, 0.4) is 0 Å². The smallest absolute Gasteiger partial charge is 0.413 e. The monoisotopic (exact) mass is 393 g/mol. The molecule has 4 rings (SSSR count). The Hall–Kier alpha value is -1.63. The van der Waals surface area contributed by atoms with Crippen molar-refractivity contribution in [1.82, 2.24) is 15.5 Å². The summed E-state index contributed by atoms with van der Waals surface area (Å²) < 4.78 is 4.71. The molecule has 4 aliphatic rings. The Morgan fingerprint density at radius 2 is 1.54 bits per heavy atom. The molecule has 0 aromatic rings. The van der Waals surface area contributed by atoms with Gasteiger partial charge < -0.3 is 10.1 Å². The van der Waals surface area contributed by atoms with Crippen LogP contribution in [-0.4, -0.2) is 55.1 Å². The molecule has 0 unspecified atom stereocenters. The average molecular weight is 394 g/mol. The Kier molecular flexibility index (Phi) is 6.63. The largest absolute Gasteiger partial charge is 0.450 e. The third-order valence-electron chi connectivity index (χ3n) is 7.08. The fourth-order valence-corrected chi connectivity index (χ4v) is 6.15. The zero-order valence-electron chi connectivity index (χ0n) is 17.5. The third-order valence-corrected chi connectivity index (χ3v) is 7.08. The van der Waals surface area contributed by atoms with E-state index in [-0.39, 0.29) is 37.1 Å². The molecule has 0 aromatic carbocycles. The fourth-order valence-electron chi connectivity index (χ4n) is 6.15. The maximum atomic E-state index is 12.6. The predicted octanol–water partition coefficient (Wildman–Crippen LogP) is 2.30. The standard InChI is InChI=1S/C21H35N3O4/c1-4-24(13-19(26)23-20(27)28-5-2)12-18(25)22-14(3)21-9-15-6-16(10-21)8-17(7-15)11-21/h14-17H,4-13H2,1-3H3,(H,22,25)(H,23,26,27)/t14-,15?,16?,17?,21?/m0/s1. The van der Waals surface area contributed by atoms with Gasteiger partial charge in [-0.25, -0.2) is 4.79 Å². The number of carbonyl (C=O) groups is 3. The molecule has 3 amide bonds. The molecule has 2 N–H and O–H groups in total. The van der Waals surface area contributed by atoms with Crippen molar-refractivity contribution in [3.63, 3.8) is 0 Å². The molecule has 0 radical (unpaired) electrons. The van der Waals surface area contributed by atoms with Crippen molar-refractivity contribution in [2.45, 2.75) is 65.3 Å². The fraction of sp³-hybridized carbons (Fsp3) is 0.857. The SMILES string of the molecule is CCOC(=O)NC(=O)CN(CC)CC(=O)N[C@@H](C)C12CC3CC(CC(C3)C1)C2. The van der Waals surface area contributed by atoms with Crippen molar-refractivity contribution in [1.29, 1.82) is 0 Å². The second kappa shape index (κ2) is 8.80. The van der Waals surface area contributed by atoms with E-state index in [1.165, 1.54) is 38.5 Å². The number of amides is 3. The minimum atomic E-state index is -0.747. The zero-order valence-corrected chi connectivity index (χ0v) is 17.5. The summed E-state index contributed by atoms with van der Waals surface area (Å²) in [6.45, 7) is 6.65. The molecule has 4 fully saturated rings. The Morgan fingerprint density at radius 3 is 2.04 bits per heavy atom. The van der Waals surface area contributed by atoms with E-state index < -0.39 is 12.0 Å². The Labute approximate surface area is 167 Å². The molecule has 7 nitrogen and oxygen atoms in total. The lowest BCUT2D eigenvalue weighted by atomic mass is 9.48. The van der Waals surface area contributed by atoms with Crippen LogP contribution in [0.25, 0.3) is 0 Å². The van der Waals surface area contributed by atoms with E-state index in [9.17, 15) is 14.4 Å². The van der Waals surface area contributed by atoms with Gasteiger partial charge in [0.1, 0.15) is 0 Å². The molecule has 0 aliphatic heterocycles. The molecule has 28 heavy (non-hydrogen) atoms. The first-order chi connectivity index (χ1) is 13.3. The predicted molar refractivity (Wildman–Crippen MR) is 105 cm³/mol. The highest BCUT2D eigenvalue weighted by Crippen LogP contribution is 2.61. The lowest BCUT2D eigenvalue weighted by molar-refractivity contribution is -0.128. The van der Waals surface area contributed by atoms with Crippen LogP contribution in [0.5, 0.6) is 0 Å². The number of imide groups is 1. The number of nitrogens with one attached hydrogen (secondary N) is 2. The molecular weight excluding hydrogens is 358 g/mol. The Bertz CT molecular complexity index is 571. The highest BCUT2D eigenvalue weighted by molar-refractivity contribution is 5.93. The maximum Gasteiger partial charge on any atom is 0.413 e. The van der Waals surface area contributed by atoms with Crippen LogP contribution in [0, 0.1) is 23.2 Å². The van der Waals surface area contributed by atoms with Gasteiger partial charge in [-0.3, -0.25) is 19.8 Å². The number of ether oxygens (including phenoxy) is 1. The number of likely N-dealkylation sites (N-methyl/N-ethyl adjacent to an activating group) is 1. The van der Waals surface area contributed by atoms with Gasteiger partial charge in [0, 0.05) is 6.04 Å². The highest BCUT2D eigenvalue weighted by Gasteiger charge is 2.53. The number of hydrogen-bond donors (Lipinski definition) is 2. The number of alkyl carbamates (subject to hydrolysis) is 1. The van der Waals surface area contributed by atoms with Gasteiger partial charge in [0.25, 0.3) is 0 Å². The average Bonchev–Trinajstić information content (AvgIpc) is 2.59. The molecule has 0 spiro atoms. The lowest BCUT2D eigenvalue weighted by Crippen LogP contribution is -2.57. The van der Waals surface area contributed by atoms with Gasteiger partial charge in [-0.2, -0.15) is 0 Å². The van der Waals surface area contributed by atoms with Crippen molar-refractivity contribution >= 4 is 17.9 Å². The number of hydrogen-bond acceptors (Lipinski definition) is 5. The summed E-state index contributed by atoms with van der Waals surface area (Å²) in [4.78, 5) is 37.7. The first-order valence-electron chi connectivity index (χ1n) is 10.8. The van der Waals surface area contributed by atoms with Gasteiger partial charge in [0.15, 0.2) is 0 Å². The van der Waals surface area contributed by atoms with Crippen LogP contribution >= 0.6 is 0 Å². The minimum absolute atomic E-state index is 0.00548. The van der Waals surface area contributed by atoms with Gasteiger partial charge in [-0.1, -0.05) is 6.92 Å². The molecular formula is C21H35N3O4. The van der Waals surface area contributed by atoms with Crippen LogP contribution in [0.1, 0.15) is 59.3 Å². The first-order valence-corrected chi connectivity index (χ1v) is 10.8. The molecule has 4 saturated carbocycles. The first kappa shape index (κ1) is 21.1. The van der Waals surface area contributed by atoms with E-state index in [4.69, 9.17) is 4.74 Å². The molecule has 0 aromatic heterocycles. The van der Waals surface area contributed by atoms with Crippen LogP contribution in [0.2, 0.25) is 0 Å². The van der Waals surface area contributed by atoms with Crippen LogP contribution in [0.4, 0.5) is 4.79 Å². The number of rotatable bonds is 8. The van der Waals surface area contributed by atoms with E-state index in [1.54, 1.807) is 11.8 Å². The normalized spacial score (nSPS) is 31.5. The van der Waals surface area contributed by atoms with Gasteiger partial charge in [-0.15, -0.1) is 0 Å². The van der Waals surface area contributed by atoms with E-state index in [1.807, 2.05) is 6.92 Å². The second-order valence-electron chi connectivity index (χ2n) is 9.14. The Morgan fingerprint density at radius 1 is 1.00 bits per heavy atom. The van der Waals surface area contributed by atoms with E-state index in [2.05, 4.69) is 17.6 Å². The van der Waals surface area contributed by atoms with Crippen LogP contribution in [0.15, 0.2) is 0 Å². The van der Waals surface area contributed by atoms with Crippen molar-refractivity contribution < 1.29 is 19.1 Å². The van der Waals surface area contributed by atoms with E-state index >= 15 is 0 Å². The van der Waals surface area contributed by atoms with Gasteiger partial charge in [-0.05, 0) is 82.1 Å². The summed E-state index contributed by atoms with van der Waals surface area (Å²) in [6, 6.07) is 0.167. The van der Waals surface area contributed by atoms with E-state index in [0.29, 0.717) is 6.54 Å². The van der Waals surface area contributed by atoms with Crippen LogP contribution < -0.4 is 10.6 Å². The van der Waals surface area contributed by atoms with Crippen molar-refractivity contribution in [3.8, 4) is 0 Å². The summed E-state index contributed by atoms with van der Waals surface area (Å²) >= 11 is 0. The zero-order chi connectivity index (χ0) is 20.3. The molecule has 7 heteroatoms. The number of carbonyl (C=O) groups excluding carboxylic acids is 3. The van der Waals surface area contributed by atoms with Crippen molar-refractivity contribution in [2.24, 2.45) is 23.2 Å². The summed E-state index contributed by atoms with van der Waals surface area (Å²) in [6.07, 6.45) is 7.17. The molecule has 4 aliphatic carbocycles. The number of nitrogens with zero attached hydrogens (tertiary/aromatic N) is 1. The summed E-state index contributed by atoms with van der Waals surface area (Å²) in [7, 11) is 0. The van der Waals surface area contributed by atoms with Gasteiger partial charge in [0.2, 0.25) is 11.8 Å². The van der Waals surface area contributed by atoms with Crippen LogP contribution in [-0.2, 0) is 14.3 Å². The quantitative estimate of drug-likeness (QED) is 0.661. The van der Waals surface area contributed by atoms with Gasteiger partial charge in [0.05, 0.1) is 19.7 Å². The van der Waals surface area contributed by atoms with E-state index in [0.717, 1.165) is 17.8 Å². The molecule has 4 bridgehead atoms. The topological polar surface area (TPSA) is 87.7 Å². The van der Waals surface area contributed by atoms with Crippen molar-refractivity contribution in [2.75, 3.05) is 26.2 Å². The lowest BCUT2D eigenvalue weighted by Gasteiger charge is -2.59. The second-order valence-corrected chi connectivity index (χ2v) is 9.14. The summed E-state index contributed by atoms with van der Waals surface area (Å²) in [5, 5.41) is 5.41.